The van der Waals surface area contributed by atoms with Gasteiger partial charge in [0.25, 0.3) is 0 Å². The van der Waals surface area contributed by atoms with E-state index in [4.69, 9.17) is 4.74 Å². The first-order valence-electron chi connectivity index (χ1n) is 10.0. The predicted molar refractivity (Wildman–Crippen MR) is 101 cm³/mol. The summed E-state index contributed by atoms with van der Waals surface area (Å²) in [5.74, 6) is -5.90. The Hall–Kier alpha value is -2.04. The third-order valence-corrected chi connectivity index (χ3v) is 5.73. The van der Waals surface area contributed by atoms with Gasteiger partial charge in [-0.15, -0.1) is 0 Å². The lowest BCUT2D eigenvalue weighted by Gasteiger charge is -2.29. The molecule has 1 aliphatic rings. The molecule has 0 N–H and O–H groups in total. The van der Waals surface area contributed by atoms with E-state index in [0.29, 0.717) is 12.0 Å². The van der Waals surface area contributed by atoms with E-state index < -0.39 is 29.0 Å². The molecule has 0 amide bonds. The molecular weight excluding hydrogens is 368 g/mol. The van der Waals surface area contributed by atoms with E-state index in [1.165, 1.54) is 50.5 Å². The molecule has 0 atom stereocenters. The van der Waals surface area contributed by atoms with E-state index in [-0.39, 0.29) is 6.61 Å². The normalized spacial score (nSPS) is 19.6. The molecule has 0 spiro atoms. The summed E-state index contributed by atoms with van der Waals surface area (Å²) < 4.78 is 58.3. The summed E-state index contributed by atoms with van der Waals surface area (Å²) in [5, 5.41) is 0. The number of rotatable bonds is 7. The number of hydrogen-bond donors (Lipinski definition) is 0. The molecule has 28 heavy (non-hydrogen) atoms. The zero-order valence-electron chi connectivity index (χ0n) is 16.1. The molecule has 2 aromatic carbocycles. The van der Waals surface area contributed by atoms with Gasteiger partial charge in [-0.3, -0.25) is 0 Å². The zero-order valence-corrected chi connectivity index (χ0v) is 16.1. The second kappa shape index (κ2) is 9.44. The van der Waals surface area contributed by atoms with Crippen LogP contribution in [0.2, 0.25) is 0 Å². The van der Waals surface area contributed by atoms with Crippen molar-refractivity contribution in [2.24, 2.45) is 5.92 Å². The first-order chi connectivity index (χ1) is 13.5. The van der Waals surface area contributed by atoms with Crippen LogP contribution in [0.4, 0.5) is 17.6 Å². The van der Waals surface area contributed by atoms with Crippen LogP contribution in [-0.2, 0) is 6.61 Å². The van der Waals surface area contributed by atoms with Crippen LogP contribution in [0.15, 0.2) is 30.3 Å². The van der Waals surface area contributed by atoms with E-state index in [1.54, 1.807) is 0 Å². The Balaban J connectivity index is 1.56. The SMILES string of the molecule is CCCC[C@H]1CC[C@H](c2ccc(COc3cc(F)c(F)c(F)c3F)cc2)CC1. The Bertz CT molecular complexity index is 780. The number of halogens is 4. The van der Waals surface area contributed by atoms with Crippen molar-refractivity contribution in [2.75, 3.05) is 0 Å². The second-order valence-corrected chi connectivity index (χ2v) is 7.69. The summed E-state index contributed by atoms with van der Waals surface area (Å²) in [6.45, 7) is 2.18. The topological polar surface area (TPSA) is 9.23 Å². The van der Waals surface area contributed by atoms with Crippen molar-refractivity contribution in [1.29, 1.82) is 0 Å². The molecule has 1 fully saturated rings. The summed E-state index contributed by atoms with van der Waals surface area (Å²) in [7, 11) is 0. The molecule has 0 bridgehead atoms. The number of unbranched alkanes of at least 4 members (excludes halogenated alkanes) is 1. The van der Waals surface area contributed by atoms with Crippen LogP contribution < -0.4 is 4.74 Å². The average molecular weight is 394 g/mol. The molecule has 152 valence electrons. The monoisotopic (exact) mass is 394 g/mol. The van der Waals surface area contributed by atoms with Crippen LogP contribution in [0.1, 0.15) is 68.9 Å². The highest BCUT2D eigenvalue weighted by atomic mass is 19.2. The largest absolute Gasteiger partial charge is 0.486 e. The minimum Gasteiger partial charge on any atom is -0.486 e. The average Bonchev–Trinajstić information content (AvgIpc) is 2.73. The highest BCUT2D eigenvalue weighted by Gasteiger charge is 2.22. The van der Waals surface area contributed by atoms with Crippen molar-refractivity contribution < 1.29 is 22.3 Å². The predicted octanol–water partition coefficient (Wildman–Crippen LogP) is 7.29. The third-order valence-electron chi connectivity index (χ3n) is 5.73. The Morgan fingerprint density at radius 2 is 1.57 bits per heavy atom. The summed E-state index contributed by atoms with van der Waals surface area (Å²) in [6, 6.07) is 8.37. The Kier molecular flexibility index (Phi) is 6.97. The Morgan fingerprint density at radius 1 is 0.893 bits per heavy atom. The van der Waals surface area contributed by atoms with Gasteiger partial charge in [-0.25, -0.2) is 13.2 Å². The van der Waals surface area contributed by atoms with Crippen molar-refractivity contribution in [3.63, 3.8) is 0 Å². The van der Waals surface area contributed by atoms with Gasteiger partial charge in [0.1, 0.15) is 6.61 Å². The molecule has 1 nitrogen and oxygen atoms in total. The number of hydrogen-bond acceptors (Lipinski definition) is 1. The van der Waals surface area contributed by atoms with Gasteiger partial charge in [0, 0.05) is 6.07 Å². The van der Waals surface area contributed by atoms with E-state index in [0.717, 1.165) is 11.5 Å². The van der Waals surface area contributed by atoms with Gasteiger partial charge in [0.05, 0.1) is 0 Å². The minimum atomic E-state index is -1.86. The number of ether oxygens (including phenoxy) is 1. The fourth-order valence-electron chi connectivity index (χ4n) is 3.98. The highest BCUT2D eigenvalue weighted by Crippen LogP contribution is 2.37. The molecule has 0 saturated heterocycles. The van der Waals surface area contributed by atoms with E-state index >= 15 is 0 Å². The van der Waals surface area contributed by atoms with Crippen molar-refractivity contribution in [3.05, 3.63) is 64.7 Å². The lowest BCUT2D eigenvalue weighted by Crippen LogP contribution is -2.13. The summed E-state index contributed by atoms with van der Waals surface area (Å²) in [4.78, 5) is 0. The van der Waals surface area contributed by atoms with Gasteiger partial charge >= 0.3 is 0 Å². The third kappa shape index (κ3) is 4.86. The lowest BCUT2D eigenvalue weighted by molar-refractivity contribution is 0.276. The molecule has 0 unspecified atom stereocenters. The summed E-state index contributed by atoms with van der Waals surface area (Å²) in [6.07, 6.45) is 8.85. The summed E-state index contributed by atoms with van der Waals surface area (Å²) in [5.41, 5.74) is 2.03. The Morgan fingerprint density at radius 3 is 2.21 bits per heavy atom. The molecule has 3 rings (SSSR count). The van der Waals surface area contributed by atoms with E-state index in [2.05, 4.69) is 6.92 Å². The Labute approximate surface area is 163 Å². The molecule has 0 aliphatic heterocycles. The lowest BCUT2D eigenvalue weighted by atomic mass is 9.77. The van der Waals surface area contributed by atoms with Crippen LogP contribution in [0.3, 0.4) is 0 Å². The maximum absolute atomic E-state index is 13.7. The standard InChI is InChI=1S/C23H26F4O/c1-2-3-4-15-5-9-17(10-6-15)18-11-7-16(8-12-18)14-28-20-13-19(24)21(25)23(27)22(20)26/h7-8,11-13,15,17H,2-6,9-10,14H2,1H3/t15-,17-. The molecule has 0 radical (unpaired) electrons. The smallest absolute Gasteiger partial charge is 0.203 e. The van der Waals surface area contributed by atoms with Gasteiger partial charge in [-0.05, 0) is 48.6 Å². The van der Waals surface area contributed by atoms with Crippen molar-refractivity contribution >= 4 is 0 Å². The molecule has 1 saturated carbocycles. The zero-order chi connectivity index (χ0) is 20.1. The first-order valence-corrected chi connectivity index (χ1v) is 10.0. The van der Waals surface area contributed by atoms with Crippen molar-refractivity contribution in [1.82, 2.24) is 0 Å². The van der Waals surface area contributed by atoms with E-state index in [9.17, 15) is 17.6 Å². The maximum atomic E-state index is 13.7. The van der Waals surface area contributed by atoms with Gasteiger partial charge in [-0.1, -0.05) is 50.5 Å². The first kappa shape index (κ1) is 20.7. The second-order valence-electron chi connectivity index (χ2n) is 7.69. The molecule has 0 heterocycles. The van der Waals surface area contributed by atoms with Crippen LogP contribution in [0.5, 0.6) is 5.75 Å². The van der Waals surface area contributed by atoms with Crippen LogP contribution in [0.25, 0.3) is 0 Å². The fraction of sp³-hybridized carbons (Fsp3) is 0.478. The van der Waals surface area contributed by atoms with E-state index in [1.807, 2.05) is 24.3 Å². The molecule has 5 heteroatoms. The van der Waals surface area contributed by atoms with Gasteiger partial charge in [0.2, 0.25) is 11.6 Å². The minimum absolute atomic E-state index is 0.0501. The van der Waals surface area contributed by atoms with Gasteiger partial charge in [-0.2, -0.15) is 4.39 Å². The molecular formula is C23H26F4O. The molecule has 0 aromatic heterocycles. The molecule has 1 aliphatic carbocycles. The molecule has 2 aromatic rings. The van der Waals surface area contributed by atoms with Crippen molar-refractivity contribution in [3.8, 4) is 5.75 Å². The maximum Gasteiger partial charge on any atom is 0.203 e. The highest BCUT2D eigenvalue weighted by molar-refractivity contribution is 5.29. The van der Waals surface area contributed by atoms with Crippen LogP contribution in [-0.4, -0.2) is 0 Å². The van der Waals surface area contributed by atoms with Gasteiger partial charge < -0.3 is 4.74 Å². The van der Waals surface area contributed by atoms with Crippen LogP contribution in [0, 0.1) is 29.2 Å². The van der Waals surface area contributed by atoms with Crippen molar-refractivity contribution in [2.45, 2.75) is 64.4 Å². The fourth-order valence-corrected chi connectivity index (χ4v) is 3.98. The number of benzene rings is 2. The van der Waals surface area contributed by atoms with Gasteiger partial charge in [0.15, 0.2) is 17.4 Å². The quantitative estimate of drug-likeness (QED) is 0.272. The van der Waals surface area contributed by atoms with Crippen LogP contribution >= 0.6 is 0 Å². The summed E-state index contributed by atoms with van der Waals surface area (Å²) >= 11 is 0.